The van der Waals surface area contributed by atoms with Crippen LogP contribution in [0.15, 0.2) is 23.3 Å². The highest BCUT2D eigenvalue weighted by Crippen LogP contribution is 2.18. The van der Waals surface area contributed by atoms with Crippen molar-refractivity contribution < 1.29 is 9.13 Å². The summed E-state index contributed by atoms with van der Waals surface area (Å²) in [6.45, 7) is 2.80. The molecule has 0 amide bonds. The van der Waals surface area contributed by atoms with Crippen LogP contribution in [0.5, 0.6) is 5.75 Å². The van der Waals surface area contributed by atoms with E-state index in [4.69, 9.17) is 10.6 Å². The molecule has 0 atom stereocenters. The largest absolute Gasteiger partial charge is 0.493 e. The maximum absolute atomic E-state index is 13.0. The van der Waals surface area contributed by atoms with Gasteiger partial charge in [-0.15, -0.1) is 0 Å². The highest BCUT2D eigenvalue weighted by Gasteiger charge is 2.03. The summed E-state index contributed by atoms with van der Waals surface area (Å²) in [5, 5.41) is 3.39. The first-order valence-electron chi connectivity index (χ1n) is 5.93. The smallest absolute Gasteiger partial charge is 0.128 e. The number of hydrogen-bond donors (Lipinski definition) is 1. The number of unbranched alkanes of at least 4 members (excludes halogenated alkanes) is 3. The second kappa shape index (κ2) is 7.65. The lowest BCUT2D eigenvalue weighted by Gasteiger charge is -2.08. The van der Waals surface area contributed by atoms with Crippen LogP contribution in [-0.2, 0) is 0 Å². The lowest BCUT2D eigenvalue weighted by Crippen LogP contribution is -2.01. The van der Waals surface area contributed by atoms with Gasteiger partial charge in [-0.3, -0.25) is 0 Å². The molecule has 0 aliphatic carbocycles. The Kier molecular flexibility index (Phi) is 6.07. The van der Waals surface area contributed by atoms with Crippen LogP contribution in [0.25, 0.3) is 0 Å². The summed E-state index contributed by atoms with van der Waals surface area (Å²) in [5.74, 6) is 5.37. The molecule has 0 spiro atoms. The molecule has 94 valence electrons. The number of rotatable bonds is 7. The van der Waals surface area contributed by atoms with Crippen molar-refractivity contribution in [3.05, 3.63) is 29.6 Å². The molecule has 0 unspecified atom stereocenters. The lowest BCUT2D eigenvalue weighted by atomic mass is 10.2. The third-order valence-electron chi connectivity index (χ3n) is 2.44. The average Bonchev–Trinajstić information content (AvgIpc) is 2.32. The SMILES string of the molecule is CCCCCCOc1ccc(F)cc1C=NN. The lowest BCUT2D eigenvalue weighted by molar-refractivity contribution is 0.304. The normalized spacial score (nSPS) is 10.9. The molecule has 0 saturated carbocycles. The van der Waals surface area contributed by atoms with Gasteiger partial charge < -0.3 is 10.6 Å². The fourth-order valence-electron chi connectivity index (χ4n) is 1.54. The van der Waals surface area contributed by atoms with E-state index in [-0.39, 0.29) is 5.82 Å². The third-order valence-corrected chi connectivity index (χ3v) is 2.44. The molecular formula is C13H19FN2O. The molecule has 1 aromatic rings. The van der Waals surface area contributed by atoms with Crippen molar-refractivity contribution in [1.82, 2.24) is 0 Å². The number of benzene rings is 1. The van der Waals surface area contributed by atoms with Gasteiger partial charge in [0.2, 0.25) is 0 Å². The van der Waals surface area contributed by atoms with Crippen LogP contribution in [0.3, 0.4) is 0 Å². The molecule has 4 heteroatoms. The summed E-state index contributed by atoms with van der Waals surface area (Å²) in [7, 11) is 0. The zero-order valence-corrected chi connectivity index (χ0v) is 10.2. The van der Waals surface area contributed by atoms with Crippen LogP contribution in [0, 0.1) is 5.82 Å². The van der Waals surface area contributed by atoms with E-state index < -0.39 is 0 Å². The Hall–Kier alpha value is -1.58. The van der Waals surface area contributed by atoms with Gasteiger partial charge in [0.15, 0.2) is 0 Å². The summed E-state index contributed by atoms with van der Waals surface area (Å²) in [5.41, 5.74) is 0.572. The number of hydrazone groups is 1. The van der Waals surface area contributed by atoms with E-state index in [2.05, 4.69) is 12.0 Å². The zero-order chi connectivity index (χ0) is 12.5. The van der Waals surface area contributed by atoms with Crippen LogP contribution < -0.4 is 10.6 Å². The maximum atomic E-state index is 13.0. The van der Waals surface area contributed by atoms with Gasteiger partial charge in [0.1, 0.15) is 11.6 Å². The first-order valence-corrected chi connectivity index (χ1v) is 5.93. The van der Waals surface area contributed by atoms with E-state index >= 15 is 0 Å². The van der Waals surface area contributed by atoms with E-state index in [1.54, 1.807) is 6.07 Å². The monoisotopic (exact) mass is 238 g/mol. The summed E-state index contributed by atoms with van der Waals surface area (Å²) in [6.07, 6.45) is 5.96. The number of nitrogens with two attached hydrogens (primary N) is 1. The number of nitrogens with zero attached hydrogens (tertiary/aromatic N) is 1. The van der Waals surface area contributed by atoms with Crippen molar-refractivity contribution >= 4 is 6.21 Å². The van der Waals surface area contributed by atoms with Gasteiger partial charge in [-0.25, -0.2) is 4.39 Å². The Bertz CT molecular complexity index is 366. The standard InChI is InChI=1S/C13H19FN2O/c1-2-3-4-5-8-17-13-7-6-12(14)9-11(13)10-16-15/h6-7,9-10H,2-5,8,15H2,1H3. The topological polar surface area (TPSA) is 47.6 Å². The molecule has 0 radical (unpaired) electrons. The number of ether oxygens (including phenoxy) is 1. The second-order valence-electron chi connectivity index (χ2n) is 3.87. The molecule has 0 heterocycles. The molecule has 1 aromatic carbocycles. The molecule has 1 rings (SSSR count). The minimum atomic E-state index is -0.321. The van der Waals surface area contributed by atoms with Crippen molar-refractivity contribution in [3.8, 4) is 5.75 Å². The molecule has 0 fully saturated rings. The second-order valence-corrected chi connectivity index (χ2v) is 3.87. The molecule has 0 saturated heterocycles. The summed E-state index contributed by atoms with van der Waals surface area (Å²) in [6, 6.07) is 4.33. The van der Waals surface area contributed by atoms with Crippen LogP contribution in [0.2, 0.25) is 0 Å². The van der Waals surface area contributed by atoms with Gasteiger partial charge in [0.25, 0.3) is 0 Å². The first-order chi connectivity index (χ1) is 8.27. The molecule has 17 heavy (non-hydrogen) atoms. The van der Waals surface area contributed by atoms with E-state index in [9.17, 15) is 4.39 Å². The molecule has 2 N–H and O–H groups in total. The van der Waals surface area contributed by atoms with Crippen LogP contribution in [0.1, 0.15) is 38.2 Å². The van der Waals surface area contributed by atoms with Gasteiger partial charge in [0.05, 0.1) is 12.8 Å². The Balaban J connectivity index is 2.51. The van der Waals surface area contributed by atoms with Gasteiger partial charge >= 0.3 is 0 Å². The predicted molar refractivity (Wildman–Crippen MR) is 67.8 cm³/mol. The van der Waals surface area contributed by atoms with Crippen LogP contribution in [0.4, 0.5) is 4.39 Å². The van der Waals surface area contributed by atoms with E-state index in [1.165, 1.54) is 31.2 Å². The fraction of sp³-hybridized carbons (Fsp3) is 0.462. The summed E-state index contributed by atoms with van der Waals surface area (Å²) in [4.78, 5) is 0. The molecular weight excluding hydrogens is 219 g/mol. The van der Waals surface area contributed by atoms with Crippen molar-refractivity contribution in [2.24, 2.45) is 10.9 Å². The fourth-order valence-corrected chi connectivity index (χ4v) is 1.54. The Morgan fingerprint density at radius 3 is 2.88 bits per heavy atom. The first kappa shape index (κ1) is 13.5. The van der Waals surface area contributed by atoms with Crippen molar-refractivity contribution in [2.45, 2.75) is 32.6 Å². The van der Waals surface area contributed by atoms with Gasteiger partial charge in [-0.1, -0.05) is 26.2 Å². The average molecular weight is 238 g/mol. The van der Waals surface area contributed by atoms with E-state index in [0.717, 1.165) is 12.8 Å². The quantitative estimate of drug-likeness (QED) is 0.343. The minimum Gasteiger partial charge on any atom is -0.493 e. The minimum absolute atomic E-state index is 0.321. The van der Waals surface area contributed by atoms with E-state index in [0.29, 0.717) is 17.9 Å². The summed E-state index contributed by atoms with van der Waals surface area (Å²) >= 11 is 0. The van der Waals surface area contributed by atoms with E-state index in [1.807, 2.05) is 0 Å². The Morgan fingerprint density at radius 1 is 1.35 bits per heavy atom. The third kappa shape index (κ3) is 4.85. The zero-order valence-electron chi connectivity index (χ0n) is 10.2. The van der Waals surface area contributed by atoms with Gasteiger partial charge in [-0.2, -0.15) is 5.10 Å². The molecule has 0 aliphatic heterocycles. The number of hydrogen-bond acceptors (Lipinski definition) is 3. The Labute approximate surface area is 101 Å². The molecule has 0 aromatic heterocycles. The molecule has 0 bridgehead atoms. The highest BCUT2D eigenvalue weighted by atomic mass is 19.1. The molecule has 0 aliphatic rings. The summed E-state index contributed by atoms with van der Waals surface area (Å²) < 4.78 is 18.6. The van der Waals surface area contributed by atoms with Crippen LogP contribution in [-0.4, -0.2) is 12.8 Å². The van der Waals surface area contributed by atoms with Crippen molar-refractivity contribution in [3.63, 3.8) is 0 Å². The van der Waals surface area contributed by atoms with Gasteiger partial charge in [-0.05, 0) is 24.6 Å². The highest BCUT2D eigenvalue weighted by molar-refractivity contribution is 5.83. The van der Waals surface area contributed by atoms with Gasteiger partial charge in [0, 0.05) is 5.56 Å². The predicted octanol–water partition coefficient (Wildman–Crippen LogP) is 3.08. The Morgan fingerprint density at radius 2 is 2.18 bits per heavy atom. The van der Waals surface area contributed by atoms with Crippen molar-refractivity contribution in [2.75, 3.05) is 6.61 Å². The maximum Gasteiger partial charge on any atom is 0.128 e. The number of halogens is 1. The molecule has 3 nitrogen and oxygen atoms in total. The van der Waals surface area contributed by atoms with Crippen LogP contribution >= 0.6 is 0 Å². The van der Waals surface area contributed by atoms with Crippen molar-refractivity contribution in [1.29, 1.82) is 0 Å².